The fourth-order valence-corrected chi connectivity index (χ4v) is 3.96. The fraction of sp³-hybridized carbons (Fsp3) is 0.375. The van der Waals surface area contributed by atoms with Gasteiger partial charge in [0, 0.05) is 19.7 Å². The molecule has 4 rings (SSSR count). The Balaban J connectivity index is 1.62. The van der Waals surface area contributed by atoms with Crippen LogP contribution in [0.5, 0.6) is 0 Å². The summed E-state index contributed by atoms with van der Waals surface area (Å²) in [6, 6.07) is 3.67. The van der Waals surface area contributed by atoms with Gasteiger partial charge >= 0.3 is 0 Å². The third-order valence-corrected chi connectivity index (χ3v) is 5.14. The van der Waals surface area contributed by atoms with Crippen LogP contribution in [0.4, 0.5) is 11.6 Å². The Morgan fingerprint density at radius 3 is 3.08 bits per heavy atom. The monoisotopic (exact) mass is 342 g/mol. The fourth-order valence-electron chi connectivity index (χ4n) is 3.24. The molecule has 0 saturated carbocycles. The van der Waals surface area contributed by atoms with Crippen molar-refractivity contribution >= 4 is 39.1 Å². The summed E-state index contributed by atoms with van der Waals surface area (Å²) in [4.78, 5) is 24.6. The molecule has 3 aromatic rings. The molecule has 1 aliphatic heterocycles. The predicted molar refractivity (Wildman–Crippen MR) is 94.4 cm³/mol. The first kappa shape index (κ1) is 15.1. The quantitative estimate of drug-likeness (QED) is 0.791. The molecule has 1 fully saturated rings. The molecule has 1 atom stereocenters. The van der Waals surface area contributed by atoms with Crippen LogP contribution in [-0.2, 0) is 11.8 Å². The van der Waals surface area contributed by atoms with Crippen LogP contribution in [0.15, 0.2) is 23.8 Å². The van der Waals surface area contributed by atoms with Crippen molar-refractivity contribution in [1.82, 2.24) is 19.7 Å². The molecule has 1 amide bonds. The number of thiophene rings is 1. The van der Waals surface area contributed by atoms with Crippen LogP contribution in [0.3, 0.4) is 0 Å². The van der Waals surface area contributed by atoms with Crippen LogP contribution >= 0.6 is 11.3 Å². The van der Waals surface area contributed by atoms with Gasteiger partial charge in [0.05, 0.1) is 11.1 Å². The number of nitrogens with zero attached hydrogens (tertiary/aromatic N) is 5. The lowest BCUT2D eigenvalue weighted by atomic mass is 10.2. The first-order valence-electron chi connectivity index (χ1n) is 7.90. The summed E-state index contributed by atoms with van der Waals surface area (Å²) in [5.74, 6) is 1.55. The van der Waals surface area contributed by atoms with Crippen molar-refractivity contribution in [2.24, 2.45) is 7.05 Å². The molecule has 0 radical (unpaired) electrons. The Morgan fingerprint density at radius 1 is 1.42 bits per heavy atom. The molecule has 24 heavy (non-hydrogen) atoms. The first-order valence-corrected chi connectivity index (χ1v) is 8.78. The van der Waals surface area contributed by atoms with Gasteiger partial charge in [-0.05, 0) is 31.2 Å². The van der Waals surface area contributed by atoms with E-state index in [1.807, 2.05) is 31.5 Å². The number of amides is 1. The van der Waals surface area contributed by atoms with Crippen LogP contribution in [0.2, 0.25) is 0 Å². The van der Waals surface area contributed by atoms with Crippen molar-refractivity contribution in [3.05, 3.63) is 29.5 Å². The van der Waals surface area contributed by atoms with Crippen molar-refractivity contribution in [3.63, 3.8) is 0 Å². The lowest BCUT2D eigenvalue weighted by molar-refractivity contribution is -0.117. The highest BCUT2D eigenvalue weighted by atomic mass is 32.1. The Bertz CT molecular complexity index is 901. The molecule has 0 bridgehead atoms. The van der Waals surface area contributed by atoms with E-state index in [2.05, 4.69) is 25.3 Å². The molecule has 4 heterocycles. The number of carbonyl (C=O) groups excluding carboxylic acids is 1. The molecule has 0 spiro atoms. The first-order chi connectivity index (χ1) is 11.6. The number of fused-ring (bicyclic) bond motifs is 1. The summed E-state index contributed by atoms with van der Waals surface area (Å²) in [6.45, 7) is 2.73. The van der Waals surface area contributed by atoms with Gasteiger partial charge in [-0.3, -0.25) is 9.48 Å². The molecule has 0 aliphatic carbocycles. The lowest BCUT2D eigenvalue weighted by Crippen LogP contribution is -2.40. The van der Waals surface area contributed by atoms with Gasteiger partial charge in [0.1, 0.15) is 28.8 Å². The van der Waals surface area contributed by atoms with Crippen LogP contribution in [0.1, 0.15) is 18.5 Å². The van der Waals surface area contributed by atoms with Gasteiger partial charge in [0.25, 0.3) is 0 Å². The third kappa shape index (κ3) is 2.52. The van der Waals surface area contributed by atoms with Crippen LogP contribution < -0.4 is 10.2 Å². The molecule has 1 saturated heterocycles. The van der Waals surface area contributed by atoms with Gasteiger partial charge in [-0.2, -0.15) is 5.10 Å². The molecular weight excluding hydrogens is 324 g/mol. The highest BCUT2D eigenvalue weighted by molar-refractivity contribution is 7.16. The average Bonchev–Trinajstić information content (AvgIpc) is 3.27. The minimum Gasteiger partial charge on any atom is -0.344 e. The number of carbonyl (C=O) groups is 1. The van der Waals surface area contributed by atoms with E-state index in [0.717, 1.165) is 41.1 Å². The Hall–Kier alpha value is -2.48. The molecule has 124 valence electrons. The standard InChI is InChI=1S/C16H18N6OS/c1-10-8-13(21(2)20-10)19-15(23)12-4-3-6-22(12)14-11-5-7-24-16(11)18-9-17-14/h5,7-9,12H,3-4,6H2,1-2H3,(H,19,23)/t12-/m1/s1. The topological polar surface area (TPSA) is 75.9 Å². The maximum absolute atomic E-state index is 12.8. The van der Waals surface area contributed by atoms with Crippen molar-refractivity contribution in [3.8, 4) is 0 Å². The summed E-state index contributed by atoms with van der Waals surface area (Å²) in [5, 5.41) is 10.3. The maximum Gasteiger partial charge on any atom is 0.248 e. The van der Waals surface area contributed by atoms with E-state index >= 15 is 0 Å². The predicted octanol–water partition coefficient (Wildman–Crippen LogP) is 2.34. The van der Waals surface area contributed by atoms with Crippen LogP contribution in [0, 0.1) is 6.92 Å². The summed E-state index contributed by atoms with van der Waals surface area (Å²) in [5.41, 5.74) is 0.881. The van der Waals surface area contributed by atoms with Crippen molar-refractivity contribution in [2.75, 3.05) is 16.8 Å². The summed E-state index contributed by atoms with van der Waals surface area (Å²) >= 11 is 1.59. The molecule has 0 aromatic carbocycles. The number of hydrogen-bond donors (Lipinski definition) is 1. The van der Waals surface area contributed by atoms with Gasteiger partial charge in [0.15, 0.2) is 0 Å². The zero-order valence-corrected chi connectivity index (χ0v) is 14.4. The largest absolute Gasteiger partial charge is 0.344 e. The number of anilines is 2. The normalized spacial score (nSPS) is 17.6. The van der Waals surface area contributed by atoms with E-state index in [-0.39, 0.29) is 11.9 Å². The zero-order valence-electron chi connectivity index (χ0n) is 13.6. The number of aromatic nitrogens is 4. The van der Waals surface area contributed by atoms with E-state index in [9.17, 15) is 4.79 Å². The number of hydrogen-bond acceptors (Lipinski definition) is 6. The Morgan fingerprint density at radius 2 is 2.29 bits per heavy atom. The zero-order chi connectivity index (χ0) is 16.7. The second-order valence-corrected chi connectivity index (χ2v) is 6.87. The molecule has 1 N–H and O–H groups in total. The van der Waals surface area contributed by atoms with Gasteiger partial charge in [-0.25, -0.2) is 9.97 Å². The molecule has 8 heteroatoms. The lowest BCUT2D eigenvalue weighted by Gasteiger charge is -2.25. The molecule has 1 aliphatic rings. The van der Waals surface area contributed by atoms with Crippen molar-refractivity contribution in [1.29, 1.82) is 0 Å². The van der Waals surface area contributed by atoms with Crippen molar-refractivity contribution in [2.45, 2.75) is 25.8 Å². The van der Waals surface area contributed by atoms with Gasteiger partial charge in [-0.15, -0.1) is 11.3 Å². The van der Waals surface area contributed by atoms with Crippen LogP contribution in [-0.4, -0.2) is 38.2 Å². The number of rotatable bonds is 3. The second-order valence-electron chi connectivity index (χ2n) is 5.97. The van der Waals surface area contributed by atoms with E-state index in [1.165, 1.54) is 0 Å². The minimum atomic E-state index is -0.224. The molecule has 0 unspecified atom stereocenters. The summed E-state index contributed by atoms with van der Waals surface area (Å²) < 4.78 is 1.69. The Labute approximate surface area is 143 Å². The summed E-state index contributed by atoms with van der Waals surface area (Å²) in [6.07, 6.45) is 3.36. The minimum absolute atomic E-state index is 0.0162. The van der Waals surface area contributed by atoms with E-state index in [0.29, 0.717) is 5.82 Å². The highest BCUT2D eigenvalue weighted by Gasteiger charge is 2.33. The average molecular weight is 342 g/mol. The third-order valence-electron chi connectivity index (χ3n) is 4.32. The van der Waals surface area contributed by atoms with Crippen molar-refractivity contribution < 1.29 is 4.79 Å². The maximum atomic E-state index is 12.8. The van der Waals surface area contributed by atoms with E-state index in [1.54, 1.807) is 22.3 Å². The second kappa shape index (κ2) is 5.86. The SMILES string of the molecule is Cc1cc(NC(=O)[C@H]2CCCN2c2ncnc3sccc23)n(C)n1. The van der Waals surface area contributed by atoms with Gasteiger partial charge in [0.2, 0.25) is 5.91 Å². The van der Waals surface area contributed by atoms with Crippen LogP contribution in [0.25, 0.3) is 10.2 Å². The Kier molecular flexibility index (Phi) is 3.68. The molecular formula is C16H18N6OS. The van der Waals surface area contributed by atoms with Gasteiger partial charge in [-0.1, -0.05) is 0 Å². The number of aryl methyl sites for hydroxylation is 2. The smallest absolute Gasteiger partial charge is 0.248 e. The summed E-state index contributed by atoms with van der Waals surface area (Å²) in [7, 11) is 1.83. The highest BCUT2D eigenvalue weighted by Crippen LogP contribution is 2.32. The molecule has 3 aromatic heterocycles. The van der Waals surface area contributed by atoms with Gasteiger partial charge < -0.3 is 10.2 Å². The van der Waals surface area contributed by atoms with E-state index in [4.69, 9.17) is 0 Å². The van der Waals surface area contributed by atoms with E-state index < -0.39 is 0 Å². The molecule has 7 nitrogen and oxygen atoms in total. The number of nitrogens with one attached hydrogen (secondary N) is 1.